The SMILES string of the molecule is NS(=O)(=O)c1cccc(-c2c(-c3ccc(F)cc3)nc(C(F)(F)F)nc2[N+]2(C3CCNCC3)CCCCC2)c1. The molecule has 0 saturated carbocycles. The van der Waals surface area contributed by atoms with Gasteiger partial charge < -0.3 is 5.32 Å². The average Bonchev–Trinajstić information content (AvgIpc) is 2.93. The first-order valence-corrected chi connectivity index (χ1v) is 14.5. The summed E-state index contributed by atoms with van der Waals surface area (Å²) < 4.78 is 81.5. The Labute approximate surface area is 224 Å². The lowest BCUT2D eigenvalue weighted by atomic mass is 9.92. The number of primary sulfonamides is 1. The molecule has 2 saturated heterocycles. The number of piperidine rings is 2. The number of benzene rings is 2. The number of nitrogens with zero attached hydrogens (tertiary/aromatic N) is 3. The molecule has 0 amide bonds. The van der Waals surface area contributed by atoms with Gasteiger partial charge in [-0.3, -0.25) is 4.48 Å². The Balaban J connectivity index is 1.89. The standard InChI is InChI=1S/C27H30F4N5O2S/c28-20-9-7-18(8-10-20)24-23(19-5-4-6-22(17-19)39(32,37)38)25(35-26(34-24)27(29,30)31)36(15-2-1-3-16-36)21-11-13-33-14-12-21/h4-10,17,21,33H,1-3,11-16H2,(H2,32,37,38)/q+1. The smallest absolute Gasteiger partial charge is 0.316 e. The fraction of sp³-hybridized carbons (Fsp3) is 0.407. The van der Waals surface area contributed by atoms with Crippen LogP contribution in [0, 0.1) is 5.82 Å². The van der Waals surface area contributed by atoms with Crippen LogP contribution in [0.5, 0.6) is 0 Å². The van der Waals surface area contributed by atoms with Gasteiger partial charge in [0.2, 0.25) is 21.7 Å². The Morgan fingerprint density at radius 3 is 2.21 bits per heavy atom. The number of aromatic nitrogens is 2. The molecule has 0 aliphatic carbocycles. The van der Waals surface area contributed by atoms with E-state index >= 15 is 0 Å². The molecule has 1 aromatic heterocycles. The lowest BCUT2D eigenvalue weighted by molar-refractivity contribution is -0.145. The van der Waals surface area contributed by atoms with E-state index in [1.165, 1.54) is 30.3 Å². The van der Waals surface area contributed by atoms with Crippen LogP contribution in [-0.4, -0.2) is 50.6 Å². The first kappa shape index (κ1) is 27.6. The molecule has 0 radical (unpaired) electrons. The Hall–Kier alpha value is -2.93. The minimum absolute atomic E-state index is 0.0174. The number of likely N-dealkylation sites (tertiary alicyclic amines) is 1. The van der Waals surface area contributed by atoms with E-state index in [0.717, 1.165) is 57.3 Å². The molecule has 0 unspecified atom stereocenters. The van der Waals surface area contributed by atoms with Crippen LogP contribution in [0.15, 0.2) is 53.4 Å². The highest BCUT2D eigenvalue weighted by Gasteiger charge is 2.47. The van der Waals surface area contributed by atoms with Gasteiger partial charge in [-0.05, 0) is 61.2 Å². The summed E-state index contributed by atoms with van der Waals surface area (Å²) in [5.41, 5.74) is 0.875. The van der Waals surface area contributed by atoms with Crippen molar-refractivity contribution < 1.29 is 26.0 Å². The Morgan fingerprint density at radius 1 is 0.923 bits per heavy atom. The van der Waals surface area contributed by atoms with Crippen molar-refractivity contribution in [3.63, 3.8) is 0 Å². The van der Waals surface area contributed by atoms with Crippen LogP contribution in [0.1, 0.15) is 37.9 Å². The van der Waals surface area contributed by atoms with Crippen LogP contribution in [-0.2, 0) is 16.2 Å². The van der Waals surface area contributed by atoms with Gasteiger partial charge in [-0.1, -0.05) is 12.1 Å². The molecule has 12 heteroatoms. The van der Waals surface area contributed by atoms with Crippen LogP contribution in [0.25, 0.3) is 22.4 Å². The van der Waals surface area contributed by atoms with Crippen molar-refractivity contribution in [2.45, 2.75) is 49.2 Å². The van der Waals surface area contributed by atoms with E-state index in [4.69, 9.17) is 5.14 Å². The van der Waals surface area contributed by atoms with E-state index in [-0.39, 0.29) is 32.5 Å². The van der Waals surface area contributed by atoms with Gasteiger partial charge >= 0.3 is 6.18 Å². The van der Waals surface area contributed by atoms with Crippen molar-refractivity contribution in [3.05, 3.63) is 60.2 Å². The first-order valence-electron chi connectivity index (χ1n) is 13.0. The topological polar surface area (TPSA) is 98.0 Å². The molecule has 2 fully saturated rings. The number of hydrogen-bond acceptors (Lipinski definition) is 5. The molecule has 208 valence electrons. The van der Waals surface area contributed by atoms with E-state index in [0.29, 0.717) is 24.2 Å². The van der Waals surface area contributed by atoms with Crippen molar-refractivity contribution in [3.8, 4) is 22.4 Å². The van der Waals surface area contributed by atoms with Crippen molar-refractivity contribution >= 4 is 15.8 Å². The average molecular weight is 565 g/mol. The number of nitrogens with one attached hydrogen (secondary N) is 1. The van der Waals surface area contributed by atoms with E-state index < -0.39 is 27.8 Å². The molecular weight excluding hydrogens is 534 g/mol. The highest BCUT2D eigenvalue weighted by atomic mass is 32.2. The second-order valence-electron chi connectivity index (χ2n) is 10.2. The van der Waals surface area contributed by atoms with Crippen molar-refractivity contribution in [2.24, 2.45) is 5.14 Å². The molecule has 3 heterocycles. The van der Waals surface area contributed by atoms with Gasteiger partial charge in [0.05, 0.1) is 35.3 Å². The third-order valence-corrected chi connectivity index (χ3v) is 8.67. The number of hydrogen-bond donors (Lipinski definition) is 2. The number of rotatable bonds is 5. The molecule has 2 aliphatic heterocycles. The van der Waals surface area contributed by atoms with E-state index in [2.05, 4.69) is 15.3 Å². The van der Waals surface area contributed by atoms with Crippen molar-refractivity contribution in [2.75, 3.05) is 26.2 Å². The third-order valence-electron chi connectivity index (χ3n) is 7.76. The van der Waals surface area contributed by atoms with Gasteiger partial charge in [-0.25, -0.2) is 22.9 Å². The number of alkyl halides is 3. The normalized spacial score (nSPS) is 18.7. The van der Waals surface area contributed by atoms with Crippen LogP contribution in [0.4, 0.5) is 23.4 Å². The summed E-state index contributed by atoms with van der Waals surface area (Å²) in [7, 11) is -4.11. The summed E-state index contributed by atoms with van der Waals surface area (Å²) in [6.07, 6.45) is -0.723. The zero-order valence-corrected chi connectivity index (χ0v) is 22.0. The summed E-state index contributed by atoms with van der Waals surface area (Å²) in [5.74, 6) is -1.61. The zero-order valence-electron chi connectivity index (χ0n) is 21.2. The van der Waals surface area contributed by atoms with Crippen LogP contribution in [0.3, 0.4) is 0 Å². The molecule has 2 aliphatic rings. The quantitative estimate of drug-likeness (QED) is 0.341. The highest BCUT2D eigenvalue weighted by molar-refractivity contribution is 7.89. The fourth-order valence-corrected chi connectivity index (χ4v) is 6.50. The molecule has 0 bridgehead atoms. The third kappa shape index (κ3) is 5.56. The Bertz CT molecular complexity index is 1450. The van der Waals surface area contributed by atoms with Crippen LogP contribution < -0.4 is 14.9 Å². The maximum Gasteiger partial charge on any atom is 0.451 e. The highest BCUT2D eigenvalue weighted by Crippen LogP contribution is 2.46. The maximum absolute atomic E-state index is 14.3. The summed E-state index contributed by atoms with van der Waals surface area (Å²) in [4.78, 5) is 8.05. The molecule has 39 heavy (non-hydrogen) atoms. The summed E-state index contributed by atoms with van der Waals surface area (Å²) in [5, 5.41) is 8.75. The first-order chi connectivity index (χ1) is 18.5. The molecule has 3 aromatic rings. The zero-order chi connectivity index (χ0) is 27.8. The summed E-state index contributed by atoms with van der Waals surface area (Å²) >= 11 is 0. The minimum Gasteiger partial charge on any atom is -0.316 e. The number of nitrogens with two attached hydrogens (primary N) is 1. The Morgan fingerprint density at radius 2 is 1.59 bits per heavy atom. The van der Waals surface area contributed by atoms with Gasteiger partial charge in [-0.2, -0.15) is 18.2 Å². The maximum atomic E-state index is 14.3. The fourth-order valence-electron chi connectivity index (χ4n) is 5.94. The summed E-state index contributed by atoms with van der Waals surface area (Å²) in [6.45, 7) is 2.68. The van der Waals surface area contributed by atoms with Gasteiger partial charge in [-0.15, -0.1) is 0 Å². The molecule has 7 nitrogen and oxygen atoms in total. The summed E-state index contributed by atoms with van der Waals surface area (Å²) in [6, 6.07) is 10.9. The van der Waals surface area contributed by atoms with Gasteiger partial charge in [0.15, 0.2) is 0 Å². The van der Waals surface area contributed by atoms with Crippen molar-refractivity contribution in [1.82, 2.24) is 19.8 Å². The lowest BCUT2D eigenvalue weighted by Crippen LogP contribution is -2.62. The number of sulfonamides is 1. The largest absolute Gasteiger partial charge is 0.451 e. The Kier molecular flexibility index (Phi) is 7.49. The minimum atomic E-state index is -4.83. The van der Waals surface area contributed by atoms with E-state index in [1.807, 2.05) is 0 Å². The van der Waals surface area contributed by atoms with Gasteiger partial charge in [0.25, 0.3) is 0 Å². The second-order valence-corrected chi connectivity index (χ2v) is 11.8. The number of halogens is 4. The molecule has 0 spiro atoms. The monoisotopic (exact) mass is 564 g/mol. The van der Waals surface area contributed by atoms with E-state index in [1.54, 1.807) is 6.07 Å². The van der Waals surface area contributed by atoms with Crippen LogP contribution >= 0.6 is 0 Å². The van der Waals surface area contributed by atoms with Crippen molar-refractivity contribution in [1.29, 1.82) is 0 Å². The van der Waals surface area contributed by atoms with Gasteiger partial charge in [0.1, 0.15) is 5.82 Å². The van der Waals surface area contributed by atoms with Crippen LogP contribution in [0.2, 0.25) is 0 Å². The van der Waals surface area contributed by atoms with Gasteiger partial charge in [0, 0.05) is 31.5 Å². The lowest BCUT2D eigenvalue weighted by Gasteiger charge is -2.48. The number of quaternary nitrogens is 1. The molecule has 5 rings (SSSR count). The molecular formula is C27H30F4N5O2S+. The predicted molar refractivity (Wildman–Crippen MR) is 141 cm³/mol. The molecule has 0 atom stereocenters. The molecule has 2 aromatic carbocycles. The second kappa shape index (κ2) is 10.6. The predicted octanol–water partition coefficient (Wildman–Crippen LogP) is 4.86. The van der Waals surface area contributed by atoms with E-state index in [9.17, 15) is 26.0 Å². The molecule has 3 N–H and O–H groups in total.